The first-order valence-corrected chi connectivity index (χ1v) is 11.3. The maximum atomic E-state index is 13.3. The lowest BCUT2D eigenvalue weighted by Crippen LogP contribution is -2.36. The van der Waals surface area contributed by atoms with Crippen molar-refractivity contribution in [1.29, 1.82) is 0 Å². The van der Waals surface area contributed by atoms with Crippen LogP contribution >= 0.6 is 0 Å². The average Bonchev–Trinajstić information content (AvgIpc) is 3.31. The SMILES string of the molecule is CO[C@@H]1CC(c2nc(C(=O)CCc3ccc(F)cc3)c(O)c(=O)n2C)N(C(=O)c2ccccc2)C1. The predicted molar refractivity (Wildman–Crippen MR) is 126 cm³/mol. The summed E-state index contributed by atoms with van der Waals surface area (Å²) in [6.07, 6.45) is 0.356. The van der Waals surface area contributed by atoms with Gasteiger partial charge in [-0.15, -0.1) is 0 Å². The predicted octanol–water partition coefficient (Wildman–Crippen LogP) is 3.04. The van der Waals surface area contributed by atoms with Crippen molar-refractivity contribution in [3.8, 4) is 5.75 Å². The molecule has 0 aliphatic carbocycles. The van der Waals surface area contributed by atoms with Crippen LogP contribution in [0.5, 0.6) is 5.75 Å². The van der Waals surface area contributed by atoms with E-state index in [1.165, 1.54) is 23.7 Å². The number of ether oxygens (including phenoxy) is 1. The fraction of sp³-hybridized carbons (Fsp3) is 0.308. The molecule has 0 radical (unpaired) electrons. The minimum absolute atomic E-state index is 0.0309. The maximum absolute atomic E-state index is 13.3. The van der Waals surface area contributed by atoms with Crippen LogP contribution in [0.15, 0.2) is 59.4 Å². The summed E-state index contributed by atoms with van der Waals surface area (Å²) in [4.78, 5) is 45.0. The number of carbonyl (C=O) groups excluding carboxylic acids is 2. The van der Waals surface area contributed by atoms with Gasteiger partial charge >= 0.3 is 0 Å². The molecule has 2 heterocycles. The van der Waals surface area contributed by atoms with Crippen LogP contribution in [0.3, 0.4) is 0 Å². The number of amides is 1. The van der Waals surface area contributed by atoms with Crippen molar-refractivity contribution in [1.82, 2.24) is 14.5 Å². The molecule has 1 saturated heterocycles. The molecule has 35 heavy (non-hydrogen) atoms. The number of hydrogen-bond donors (Lipinski definition) is 1. The molecule has 1 aromatic heterocycles. The fourth-order valence-electron chi connectivity index (χ4n) is 4.31. The van der Waals surface area contributed by atoms with Crippen LogP contribution in [0.25, 0.3) is 0 Å². The van der Waals surface area contributed by atoms with Crippen LogP contribution in [0.2, 0.25) is 0 Å². The second-order valence-electron chi connectivity index (χ2n) is 8.51. The smallest absolute Gasteiger partial charge is 0.296 e. The molecule has 2 atom stereocenters. The molecular formula is C26H26FN3O5. The molecular weight excluding hydrogens is 453 g/mol. The van der Waals surface area contributed by atoms with Gasteiger partial charge in [-0.2, -0.15) is 0 Å². The number of aromatic nitrogens is 2. The van der Waals surface area contributed by atoms with Crippen molar-refractivity contribution >= 4 is 11.7 Å². The number of halogens is 1. The molecule has 4 rings (SSSR count). The molecule has 0 bridgehead atoms. The fourth-order valence-corrected chi connectivity index (χ4v) is 4.31. The average molecular weight is 480 g/mol. The van der Waals surface area contributed by atoms with Crippen molar-refractivity contribution in [3.63, 3.8) is 0 Å². The minimum atomic E-state index is -0.770. The molecule has 1 amide bonds. The molecule has 182 valence electrons. The van der Waals surface area contributed by atoms with E-state index in [0.717, 1.165) is 5.56 Å². The lowest BCUT2D eigenvalue weighted by atomic mass is 10.0. The molecule has 1 aliphatic heterocycles. The van der Waals surface area contributed by atoms with E-state index < -0.39 is 23.1 Å². The van der Waals surface area contributed by atoms with Crippen molar-refractivity contribution < 1.29 is 23.8 Å². The summed E-state index contributed by atoms with van der Waals surface area (Å²) >= 11 is 0. The lowest BCUT2D eigenvalue weighted by molar-refractivity contribution is 0.0682. The second-order valence-corrected chi connectivity index (χ2v) is 8.51. The number of Topliss-reactive ketones (excluding diaryl/α,β-unsaturated/α-hetero) is 1. The van der Waals surface area contributed by atoms with Crippen LogP contribution in [-0.2, 0) is 18.2 Å². The Labute approximate surface area is 201 Å². The third kappa shape index (κ3) is 5.00. The zero-order chi connectivity index (χ0) is 25.1. The number of hydrogen-bond acceptors (Lipinski definition) is 6. The monoisotopic (exact) mass is 479 g/mol. The minimum Gasteiger partial charge on any atom is -0.501 e. The van der Waals surface area contributed by atoms with Gasteiger partial charge in [0.15, 0.2) is 11.5 Å². The topological polar surface area (TPSA) is 102 Å². The number of ketones is 1. The standard InChI is InChI=1S/C26H26FN3O5/c1-29-24(20-14-19(35-2)15-30(20)25(33)17-6-4-3-5-7-17)28-22(23(32)26(29)34)21(31)13-10-16-8-11-18(27)12-9-16/h3-9,11-12,19-20,32H,10,13-15H2,1-2H3/t19-,20?/m1/s1. The number of likely N-dealkylation sites (tertiary alicyclic amines) is 1. The van der Waals surface area contributed by atoms with Gasteiger partial charge in [0.1, 0.15) is 11.6 Å². The number of carbonyl (C=O) groups is 2. The number of benzene rings is 2. The second kappa shape index (κ2) is 10.2. The van der Waals surface area contributed by atoms with Crippen LogP contribution in [0.4, 0.5) is 4.39 Å². The highest BCUT2D eigenvalue weighted by Gasteiger charge is 2.39. The summed E-state index contributed by atoms with van der Waals surface area (Å²) in [7, 11) is 2.99. The number of rotatable bonds is 7. The molecule has 0 spiro atoms. The molecule has 1 aliphatic rings. The van der Waals surface area contributed by atoms with Gasteiger partial charge in [-0.3, -0.25) is 19.0 Å². The normalized spacial score (nSPS) is 17.5. The van der Waals surface area contributed by atoms with Gasteiger partial charge in [0.05, 0.1) is 12.1 Å². The van der Waals surface area contributed by atoms with E-state index in [9.17, 15) is 23.9 Å². The summed E-state index contributed by atoms with van der Waals surface area (Å²) in [5.41, 5.74) is 0.113. The van der Waals surface area contributed by atoms with Crippen molar-refractivity contribution in [2.24, 2.45) is 7.05 Å². The molecule has 1 N–H and O–H groups in total. The van der Waals surface area contributed by atoms with Crippen molar-refractivity contribution in [3.05, 3.63) is 93.4 Å². The van der Waals surface area contributed by atoms with Gasteiger partial charge in [0, 0.05) is 39.1 Å². The Morgan fingerprint density at radius 1 is 1.14 bits per heavy atom. The van der Waals surface area contributed by atoms with Gasteiger partial charge in [-0.05, 0) is 36.2 Å². The Morgan fingerprint density at radius 2 is 1.83 bits per heavy atom. The number of nitrogens with zero attached hydrogens (tertiary/aromatic N) is 3. The third-order valence-electron chi connectivity index (χ3n) is 6.30. The highest BCUT2D eigenvalue weighted by molar-refractivity contribution is 5.97. The summed E-state index contributed by atoms with van der Waals surface area (Å²) in [6.45, 7) is 0.291. The Balaban J connectivity index is 1.66. The molecule has 8 nitrogen and oxygen atoms in total. The lowest BCUT2D eigenvalue weighted by Gasteiger charge is -2.25. The van der Waals surface area contributed by atoms with E-state index in [1.807, 2.05) is 6.07 Å². The Morgan fingerprint density at radius 3 is 2.49 bits per heavy atom. The largest absolute Gasteiger partial charge is 0.501 e. The first kappa shape index (κ1) is 24.3. The maximum Gasteiger partial charge on any atom is 0.296 e. The van der Waals surface area contributed by atoms with Crippen LogP contribution < -0.4 is 5.56 Å². The van der Waals surface area contributed by atoms with Gasteiger partial charge < -0.3 is 14.7 Å². The molecule has 1 fully saturated rings. The van der Waals surface area contributed by atoms with Gasteiger partial charge in [-0.1, -0.05) is 30.3 Å². The molecule has 2 aromatic carbocycles. The van der Waals surface area contributed by atoms with Crippen LogP contribution in [0.1, 0.15) is 51.1 Å². The highest BCUT2D eigenvalue weighted by atomic mass is 19.1. The Bertz CT molecular complexity index is 1290. The summed E-state index contributed by atoms with van der Waals surface area (Å²) in [5.74, 6) is -1.69. The van der Waals surface area contributed by atoms with Gasteiger partial charge in [0.25, 0.3) is 11.5 Å². The number of methoxy groups -OCH3 is 1. The summed E-state index contributed by atoms with van der Waals surface area (Å²) in [5, 5.41) is 10.4. The number of aromatic hydroxyl groups is 1. The zero-order valence-electron chi connectivity index (χ0n) is 19.5. The summed E-state index contributed by atoms with van der Waals surface area (Å²) in [6, 6.07) is 13.9. The Kier molecular flexibility index (Phi) is 7.07. The first-order chi connectivity index (χ1) is 16.8. The van der Waals surface area contributed by atoms with Gasteiger partial charge in [0.2, 0.25) is 5.75 Å². The quantitative estimate of drug-likeness (QED) is 0.523. The van der Waals surface area contributed by atoms with Crippen LogP contribution in [-0.4, -0.2) is 51.0 Å². The van der Waals surface area contributed by atoms with E-state index in [4.69, 9.17) is 4.74 Å². The van der Waals surface area contributed by atoms with E-state index in [-0.39, 0.29) is 35.8 Å². The van der Waals surface area contributed by atoms with Gasteiger partial charge in [-0.25, -0.2) is 9.37 Å². The van der Waals surface area contributed by atoms with E-state index in [0.29, 0.717) is 24.9 Å². The molecule has 1 unspecified atom stereocenters. The van der Waals surface area contributed by atoms with E-state index in [2.05, 4.69) is 4.98 Å². The van der Waals surface area contributed by atoms with Crippen molar-refractivity contribution in [2.45, 2.75) is 31.4 Å². The number of aryl methyl sites for hydroxylation is 1. The molecule has 9 heteroatoms. The van der Waals surface area contributed by atoms with E-state index >= 15 is 0 Å². The Hall–Kier alpha value is -3.85. The van der Waals surface area contributed by atoms with E-state index in [1.54, 1.807) is 48.4 Å². The van der Waals surface area contributed by atoms with Crippen molar-refractivity contribution in [2.75, 3.05) is 13.7 Å². The summed E-state index contributed by atoms with van der Waals surface area (Å²) < 4.78 is 19.8. The molecule has 0 saturated carbocycles. The highest BCUT2D eigenvalue weighted by Crippen LogP contribution is 2.34. The molecule has 3 aromatic rings. The van der Waals surface area contributed by atoms with Crippen LogP contribution in [0, 0.1) is 5.82 Å². The third-order valence-corrected chi connectivity index (χ3v) is 6.30. The first-order valence-electron chi connectivity index (χ1n) is 11.3. The zero-order valence-corrected chi connectivity index (χ0v) is 19.5.